The maximum Gasteiger partial charge on any atom is 0.108 e. The molecule has 0 bridgehead atoms. The molecule has 1 N–H and O–H groups in total. The van der Waals surface area contributed by atoms with Crippen LogP contribution in [0.5, 0.6) is 0 Å². The average Bonchev–Trinajstić information content (AvgIpc) is 2.64. The van der Waals surface area contributed by atoms with E-state index in [2.05, 4.69) is 22.7 Å². The highest BCUT2D eigenvalue weighted by Crippen LogP contribution is 2.26. The Morgan fingerprint density at radius 3 is 3.00 bits per heavy atom. The van der Waals surface area contributed by atoms with Gasteiger partial charge in [0.15, 0.2) is 0 Å². The lowest BCUT2D eigenvalue weighted by Crippen LogP contribution is -2.22. The van der Waals surface area contributed by atoms with Gasteiger partial charge in [-0.05, 0) is 25.2 Å². The van der Waals surface area contributed by atoms with Crippen molar-refractivity contribution in [1.82, 2.24) is 9.55 Å². The Hall–Kier alpha value is -0.830. The van der Waals surface area contributed by atoms with Crippen molar-refractivity contribution in [3.05, 3.63) is 18.2 Å². The van der Waals surface area contributed by atoms with Crippen LogP contribution in [0.3, 0.4) is 0 Å². The number of aliphatic hydroxyl groups is 1. The van der Waals surface area contributed by atoms with Gasteiger partial charge in [0.1, 0.15) is 5.82 Å². The number of hydrogen-bond acceptors (Lipinski definition) is 2. The smallest absolute Gasteiger partial charge is 0.108 e. The Balaban J connectivity index is 2.00. The van der Waals surface area contributed by atoms with Crippen molar-refractivity contribution in [1.29, 1.82) is 0 Å². The van der Waals surface area contributed by atoms with Gasteiger partial charge in [-0.15, -0.1) is 0 Å². The van der Waals surface area contributed by atoms with Crippen LogP contribution in [0.1, 0.15) is 51.3 Å². The van der Waals surface area contributed by atoms with Crippen molar-refractivity contribution in [3.8, 4) is 0 Å². The predicted molar refractivity (Wildman–Crippen MR) is 68.8 cm³/mol. The monoisotopic (exact) mass is 236 g/mol. The van der Waals surface area contributed by atoms with Crippen LogP contribution in [0.15, 0.2) is 12.4 Å². The van der Waals surface area contributed by atoms with Crippen LogP contribution in [0.4, 0.5) is 0 Å². The zero-order chi connectivity index (χ0) is 12.1. The SMILES string of the molecule is CCCn1ccnc1CC1CCCCCC1O. The molecule has 0 aromatic carbocycles. The molecule has 96 valence electrons. The van der Waals surface area contributed by atoms with Gasteiger partial charge in [0.25, 0.3) is 0 Å². The summed E-state index contributed by atoms with van der Waals surface area (Å²) in [4.78, 5) is 4.45. The Morgan fingerprint density at radius 1 is 1.35 bits per heavy atom. The fraction of sp³-hybridized carbons (Fsp3) is 0.786. The van der Waals surface area contributed by atoms with Gasteiger partial charge in [0, 0.05) is 25.4 Å². The van der Waals surface area contributed by atoms with Gasteiger partial charge >= 0.3 is 0 Å². The molecule has 1 aliphatic rings. The van der Waals surface area contributed by atoms with Gasteiger partial charge < -0.3 is 9.67 Å². The van der Waals surface area contributed by atoms with Gasteiger partial charge in [-0.1, -0.05) is 26.2 Å². The average molecular weight is 236 g/mol. The minimum absolute atomic E-state index is 0.121. The highest BCUT2D eigenvalue weighted by Gasteiger charge is 2.23. The molecule has 3 nitrogen and oxygen atoms in total. The summed E-state index contributed by atoms with van der Waals surface area (Å²) in [6.45, 7) is 3.22. The third-order valence-electron chi connectivity index (χ3n) is 3.83. The first-order valence-electron chi connectivity index (χ1n) is 6.99. The lowest BCUT2D eigenvalue weighted by molar-refractivity contribution is 0.0990. The van der Waals surface area contributed by atoms with E-state index in [0.717, 1.165) is 38.1 Å². The summed E-state index contributed by atoms with van der Waals surface area (Å²) in [5, 5.41) is 10.1. The number of rotatable bonds is 4. The quantitative estimate of drug-likeness (QED) is 0.816. The standard InChI is InChI=1S/C14H24N2O/c1-2-9-16-10-8-15-14(16)11-12-6-4-3-5-7-13(12)17/h8,10,12-13,17H,2-7,9,11H2,1H3. The number of aryl methyl sites for hydroxylation is 1. The molecular formula is C14H24N2O. The molecule has 1 fully saturated rings. The van der Waals surface area contributed by atoms with E-state index >= 15 is 0 Å². The maximum atomic E-state index is 10.1. The van der Waals surface area contributed by atoms with E-state index in [1.165, 1.54) is 19.3 Å². The molecule has 2 atom stereocenters. The van der Waals surface area contributed by atoms with E-state index in [0.29, 0.717) is 5.92 Å². The van der Waals surface area contributed by atoms with Gasteiger partial charge in [-0.3, -0.25) is 0 Å². The number of aliphatic hydroxyl groups excluding tert-OH is 1. The molecule has 0 saturated heterocycles. The molecule has 1 heterocycles. The molecule has 0 radical (unpaired) electrons. The van der Waals surface area contributed by atoms with Crippen LogP contribution in [-0.4, -0.2) is 20.8 Å². The van der Waals surface area contributed by atoms with Gasteiger partial charge in [0.2, 0.25) is 0 Å². The molecule has 1 aliphatic carbocycles. The normalized spacial score (nSPS) is 25.8. The molecule has 1 aromatic rings. The van der Waals surface area contributed by atoms with Crippen molar-refractivity contribution in [2.75, 3.05) is 0 Å². The molecule has 1 saturated carbocycles. The van der Waals surface area contributed by atoms with Crippen LogP contribution in [-0.2, 0) is 13.0 Å². The van der Waals surface area contributed by atoms with Crippen molar-refractivity contribution in [2.45, 2.75) is 64.5 Å². The highest BCUT2D eigenvalue weighted by molar-refractivity contribution is 4.95. The topological polar surface area (TPSA) is 38.0 Å². The first-order chi connectivity index (χ1) is 8.31. The minimum Gasteiger partial charge on any atom is -0.393 e. The minimum atomic E-state index is -0.121. The van der Waals surface area contributed by atoms with Crippen LogP contribution in [0.2, 0.25) is 0 Å². The summed E-state index contributed by atoms with van der Waals surface area (Å²) in [6.07, 6.45) is 11.7. The van der Waals surface area contributed by atoms with E-state index < -0.39 is 0 Å². The first-order valence-corrected chi connectivity index (χ1v) is 6.99. The molecule has 0 aliphatic heterocycles. The van der Waals surface area contributed by atoms with Crippen molar-refractivity contribution in [3.63, 3.8) is 0 Å². The summed E-state index contributed by atoms with van der Waals surface area (Å²) in [5.41, 5.74) is 0. The molecule has 0 spiro atoms. The van der Waals surface area contributed by atoms with Gasteiger partial charge in [-0.25, -0.2) is 4.98 Å². The van der Waals surface area contributed by atoms with Crippen molar-refractivity contribution in [2.24, 2.45) is 5.92 Å². The summed E-state index contributed by atoms with van der Waals surface area (Å²) >= 11 is 0. The fourth-order valence-electron chi connectivity index (χ4n) is 2.81. The van der Waals surface area contributed by atoms with Crippen LogP contribution in [0.25, 0.3) is 0 Å². The molecule has 2 rings (SSSR count). The summed E-state index contributed by atoms with van der Waals surface area (Å²) < 4.78 is 2.23. The van der Waals surface area contributed by atoms with E-state index in [1.807, 2.05) is 6.20 Å². The number of hydrogen-bond donors (Lipinski definition) is 1. The Labute approximate surface area is 104 Å². The zero-order valence-electron chi connectivity index (χ0n) is 10.8. The number of nitrogens with zero attached hydrogens (tertiary/aromatic N) is 2. The zero-order valence-corrected chi connectivity index (χ0v) is 10.8. The van der Waals surface area contributed by atoms with E-state index in [1.54, 1.807) is 0 Å². The number of aromatic nitrogens is 2. The van der Waals surface area contributed by atoms with Crippen LogP contribution in [0, 0.1) is 5.92 Å². The van der Waals surface area contributed by atoms with Crippen molar-refractivity contribution >= 4 is 0 Å². The van der Waals surface area contributed by atoms with Crippen LogP contribution >= 0.6 is 0 Å². The summed E-state index contributed by atoms with van der Waals surface area (Å²) in [6, 6.07) is 0. The van der Waals surface area contributed by atoms with Crippen molar-refractivity contribution < 1.29 is 5.11 Å². The Morgan fingerprint density at radius 2 is 2.18 bits per heavy atom. The molecular weight excluding hydrogens is 212 g/mol. The second-order valence-electron chi connectivity index (χ2n) is 5.21. The van der Waals surface area contributed by atoms with E-state index in [-0.39, 0.29) is 6.10 Å². The highest BCUT2D eigenvalue weighted by atomic mass is 16.3. The largest absolute Gasteiger partial charge is 0.393 e. The number of imidazole rings is 1. The molecule has 2 unspecified atom stereocenters. The second kappa shape index (κ2) is 6.20. The maximum absolute atomic E-state index is 10.1. The third kappa shape index (κ3) is 3.32. The van der Waals surface area contributed by atoms with E-state index in [9.17, 15) is 5.11 Å². The Bertz CT molecular complexity index is 335. The molecule has 1 aromatic heterocycles. The Kier molecular flexibility index (Phi) is 4.60. The molecule has 17 heavy (non-hydrogen) atoms. The second-order valence-corrected chi connectivity index (χ2v) is 5.21. The lowest BCUT2D eigenvalue weighted by atomic mass is 9.93. The van der Waals surface area contributed by atoms with Gasteiger partial charge in [-0.2, -0.15) is 0 Å². The summed E-state index contributed by atoms with van der Waals surface area (Å²) in [7, 11) is 0. The van der Waals surface area contributed by atoms with E-state index in [4.69, 9.17) is 0 Å². The third-order valence-corrected chi connectivity index (χ3v) is 3.83. The fourth-order valence-corrected chi connectivity index (χ4v) is 2.81. The molecule has 3 heteroatoms. The lowest BCUT2D eigenvalue weighted by Gasteiger charge is -2.20. The predicted octanol–water partition coefficient (Wildman–Crippen LogP) is 2.78. The van der Waals surface area contributed by atoms with Crippen LogP contribution < -0.4 is 0 Å². The first kappa shape index (κ1) is 12.6. The van der Waals surface area contributed by atoms with Gasteiger partial charge in [0.05, 0.1) is 6.10 Å². The molecule has 0 amide bonds. The summed E-state index contributed by atoms with van der Waals surface area (Å²) in [5.74, 6) is 1.56.